The summed E-state index contributed by atoms with van der Waals surface area (Å²) in [6, 6.07) is 3.03. The maximum absolute atomic E-state index is 3.57. The van der Waals surface area contributed by atoms with Crippen molar-refractivity contribution >= 4 is 11.3 Å². The molecule has 0 aromatic carbocycles. The predicted octanol–water partition coefficient (Wildman–Crippen LogP) is 2.91. The molecule has 0 aliphatic carbocycles. The standard InChI is InChI=1S/C11H17NS/c1-3-8-7-9-10(4-2)12-6-5-11(9)13-8/h7,10,12H,3-6H2,1-2H3. The summed E-state index contributed by atoms with van der Waals surface area (Å²) in [7, 11) is 0. The third-order valence-electron chi connectivity index (χ3n) is 2.77. The van der Waals surface area contributed by atoms with E-state index in [1.807, 2.05) is 11.3 Å². The molecule has 0 spiro atoms. The van der Waals surface area contributed by atoms with Gasteiger partial charge in [-0.1, -0.05) is 13.8 Å². The molecule has 1 atom stereocenters. The molecular formula is C11H17NS. The topological polar surface area (TPSA) is 12.0 Å². The molecular weight excluding hydrogens is 178 g/mol. The summed E-state index contributed by atoms with van der Waals surface area (Å²) in [4.78, 5) is 3.18. The summed E-state index contributed by atoms with van der Waals surface area (Å²) in [6.07, 6.45) is 3.64. The molecule has 13 heavy (non-hydrogen) atoms. The molecule has 0 saturated heterocycles. The van der Waals surface area contributed by atoms with Gasteiger partial charge in [0.25, 0.3) is 0 Å². The van der Waals surface area contributed by atoms with Gasteiger partial charge in [-0.05, 0) is 30.9 Å². The lowest BCUT2D eigenvalue weighted by Gasteiger charge is -2.22. The maximum atomic E-state index is 3.57. The largest absolute Gasteiger partial charge is 0.310 e. The molecule has 1 aromatic heterocycles. The Hall–Kier alpha value is -0.340. The van der Waals surface area contributed by atoms with Gasteiger partial charge in [0.1, 0.15) is 0 Å². The highest BCUT2D eigenvalue weighted by Gasteiger charge is 2.20. The Bertz CT molecular complexity index is 290. The smallest absolute Gasteiger partial charge is 0.0328 e. The van der Waals surface area contributed by atoms with Gasteiger partial charge < -0.3 is 5.32 Å². The van der Waals surface area contributed by atoms with E-state index in [1.165, 1.54) is 19.3 Å². The van der Waals surface area contributed by atoms with Crippen LogP contribution in [0.2, 0.25) is 0 Å². The van der Waals surface area contributed by atoms with Crippen LogP contribution in [0.15, 0.2) is 6.07 Å². The molecule has 1 nitrogen and oxygen atoms in total. The lowest BCUT2D eigenvalue weighted by molar-refractivity contribution is 0.497. The molecule has 1 aliphatic heterocycles. The fourth-order valence-electron chi connectivity index (χ4n) is 2.00. The van der Waals surface area contributed by atoms with Gasteiger partial charge in [-0.2, -0.15) is 0 Å². The Morgan fingerprint density at radius 1 is 1.54 bits per heavy atom. The van der Waals surface area contributed by atoms with E-state index >= 15 is 0 Å². The fraction of sp³-hybridized carbons (Fsp3) is 0.636. The van der Waals surface area contributed by atoms with Gasteiger partial charge in [-0.3, -0.25) is 0 Å². The molecule has 0 bridgehead atoms. The van der Waals surface area contributed by atoms with E-state index in [1.54, 1.807) is 15.3 Å². The molecule has 1 aromatic rings. The number of hydrogen-bond donors (Lipinski definition) is 1. The Morgan fingerprint density at radius 3 is 3.08 bits per heavy atom. The fourth-order valence-corrected chi connectivity index (χ4v) is 3.17. The van der Waals surface area contributed by atoms with Crippen LogP contribution in [0.5, 0.6) is 0 Å². The minimum atomic E-state index is 0.625. The quantitative estimate of drug-likeness (QED) is 0.765. The lowest BCUT2D eigenvalue weighted by Crippen LogP contribution is -2.27. The van der Waals surface area contributed by atoms with E-state index in [4.69, 9.17) is 0 Å². The highest BCUT2D eigenvalue weighted by Crippen LogP contribution is 2.32. The van der Waals surface area contributed by atoms with E-state index in [2.05, 4.69) is 25.2 Å². The number of fused-ring (bicyclic) bond motifs is 1. The first-order chi connectivity index (χ1) is 6.35. The Labute approximate surface area is 84.2 Å². The summed E-state index contributed by atoms with van der Waals surface area (Å²) in [6.45, 7) is 5.66. The molecule has 72 valence electrons. The number of nitrogens with one attached hydrogen (secondary N) is 1. The van der Waals surface area contributed by atoms with Gasteiger partial charge >= 0.3 is 0 Å². The van der Waals surface area contributed by atoms with Crippen LogP contribution in [-0.4, -0.2) is 6.54 Å². The number of hydrogen-bond acceptors (Lipinski definition) is 2. The zero-order chi connectivity index (χ0) is 9.26. The zero-order valence-electron chi connectivity index (χ0n) is 8.39. The van der Waals surface area contributed by atoms with Crippen LogP contribution in [0.3, 0.4) is 0 Å². The zero-order valence-corrected chi connectivity index (χ0v) is 9.21. The van der Waals surface area contributed by atoms with E-state index in [0.717, 1.165) is 6.54 Å². The highest BCUT2D eigenvalue weighted by molar-refractivity contribution is 7.12. The second-order valence-electron chi connectivity index (χ2n) is 3.61. The summed E-state index contributed by atoms with van der Waals surface area (Å²) >= 11 is 2.01. The minimum Gasteiger partial charge on any atom is -0.310 e. The molecule has 0 amide bonds. The molecule has 2 heterocycles. The van der Waals surface area contributed by atoms with Gasteiger partial charge in [0.15, 0.2) is 0 Å². The van der Waals surface area contributed by atoms with Crippen LogP contribution in [0.1, 0.15) is 41.6 Å². The first-order valence-electron chi connectivity index (χ1n) is 5.20. The Kier molecular flexibility index (Phi) is 2.70. The Balaban J connectivity index is 2.32. The van der Waals surface area contributed by atoms with Crippen LogP contribution in [0, 0.1) is 0 Å². The van der Waals surface area contributed by atoms with Crippen molar-refractivity contribution in [1.29, 1.82) is 0 Å². The lowest BCUT2D eigenvalue weighted by atomic mass is 10.00. The van der Waals surface area contributed by atoms with Crippen molar-refractivity contribution in [2.75, 3.05) is 6.54 Å². The average Bonchev–Trinajstić information content (AvgIpc) is 2.59. The number of rotatable bonds is 2. The van der Waals surface area contributed by atoms with E-state index < -0.39 is 0 Å². The number of thiophene rings is 1. The molecule has 0 radical (unpaired) electrons. The van der Waals surface area contributed by atoms with Gasteiger partial charge in [0.05, 0.1) is 0 Å². The van der Waals surface area contributed by atoms with Crippen LogP contribution in [-0.2, 0) is 12.8 Å². The van der Waals surface area contributed by atoms with Crippen molar-refractivity contribution in [2.45, 2.75) is 39.2 Å². The first kappa shape index (κ1) is 9.22. The minimum absolute atomic E-state index is 0.625. The second-order valence-corrected chi connectivity index (χ2v) is 4.83. The Morgan fingerprint density at radius 2 is 2.38 bits per heavy atom. The SMILES string of the molecule is CCc1cc2c(s1)CCNC2CC. The van der Waals surface area contributed by atoms with Gasteiger partial charge in [-0.25, -0.2) is 0 Å². The third kappa shape index (κ3) is 1.65. The van der Waals surface area contributed by atoms with E-state index in [9.17, 15) is 0 Å². The molecule has 1 unspecified atom stereocenters. The molecule has 0 fully saturated rings. The van der Waals surface area contributed by atoms with Crippen molar-refractivity contribution in [1.82, 2.24) is 5.32 Å². The van der Waals surface area contributed by atoms with Crippen LogP contribution >= 0.6 is 11.3 Å². The molecule has 2 heteroatoms. The van der Waals surface area contributed by atoms with Crippen LogP contribution in [0.4, 0.5) is 0 Å². The van der Waals surface area contributed by atoms with Gasteiger partial charge in [0.2, 0.25) is 0 Å². The second kappa shape index (κ2) is 3.81. The van der Waals surface area contributed by atoms with Crippen molar-refractivity contribution in [3.05, 3.63) is 21.4 Å². The van der Waals surface area contributed by atoms with Gasteiger partial charge in [-0.15, -0.1) is 11.3 Å². The molecule has 0 saturated carbocycles. The van der Waals surface area contributed by atoms with E-state index in [0.29, 0.717) is 6.04 Å². The van der Waals surface area contributed by atoms with Crippen molar-refractivity contribution in [3.8, 4) is 0 Å². The molecule has 2 rings (SSSR count). The van der Waals surface area contributed by atoms with Crippen LogP contribution in [0.25, 0.3) is 0 Å². The van der Waals surface area contributed by atoms with E-state index in [-0.39, 0.29) is 0 Å². The van der Waals surface area contributed by atoms with Crippen molar-refractivity contribution in [2.24, 2.45) is 0 Å². The predicted molar refractivity (Wildman–Crippen MR) is 58.4 cm³/mol. The van der Waals surface area contributed by atoms with Gasteiger partial charge in [0, 0.05) is 22.3 Å². The first-order valence-corrected chi connectivity index (χ1v) is 6.01. The highest BCUT2D eigenvalue weighted by atomic mass is 32.1. The third-order valence-corrected chi connectivity index (χ3v) is 4.12. The van der Waals surface area contributed by atoms with Crippen LogP contribution < -0.4 is 5.32 Å². The van der Waals surface area contributed by atoms with Crippen molar-refractivity contribution < 1.29 is 0 Å². The number of aryl methyl sites for hydroxylation is 1. The normalized spacial score (nSPS) is 21.5. The van der Waals surface area contributed by atoms with Crippen molar-refractivity contribution in [3.63, 3.8) is 0 Å². The summed E-state index contributed by atoms with van der Waals surface area (Å²) < 4.78 is 0. The summed E-state index contributed by atoms with van der Waals surface area (Å²) in [5.74, 6) is 0. The molecule has 1 N–H and O–H groups in total. The summed E-state index contributed by atoms with van der Waals surface area (Å²) in [5.41, 5.74) is 1.58. The average molecular weight is 195 g/mol. The maximum Gasteiger partial charge on any atom is 0.0328 e. The summed E-state index contributed by atoms with van der Waals surface area (Å²) in [5, 5.41) is 3.57. The molecule has 1 aliphatic rings. The monoisotopic (exact) mass is 195 g/mol.